The summed E-state index contributed by atoms with van der Waals surface area (Å²) in [5.74, 6) is 1.31. The van der Waals surface area contributed by atoms with Crippen LogP contribution in [0.5, 0.6) is 5.75 Å². The fraction of sp³-hybridized carbons (Fsp3) is 0.211. The predicted molar refractivity (Wildman–Crippen MR) is 95.8 cm³/mol. The molecule has 122 valence electrons. The summed E-state index contributed by atoms with van der Waals surface area (Å²) in [7, 11) is 0. The van der Waals surface area contributed by atoms with Gasteiger partial charge >= 0.3 is 0 Å². The highest BCUT2D eigenvalue weighted by Crippen LogP contribution is 2.12. The summed E-state index contributed by atoms with van der Waals surface area (Å²) in [5, 5.41) is 4.76. The Balaban J connectivity index is 1.78. The van der Waals surface area contributed by atoms with Crippen LogP contribution < -0.4 is 10.3 Å². The number of para-hydroxylation sites is 1. The maximum absolute atomic E-state index is 12.3. The van der Waals surface area contributed by atoms with Gasteiger partial charge < -0.3 is 4.74 Å². The van der Waals surface area contributed by atoms with Crippen LogP contribution >= 0.6 is 0 Å². The maximum atomic E-state index is 12.3. The summed E-state index contributed by atoms with van der Waals surface area (Å²) in [6, 6.07) is 14.8. The third-order valence-electron chi connectivity index (χ3n) is 3.44. The van der Waals surface area contributed by atoms with Crippen LogP contribution in [0.4, 0.5) is 0 Å². The minimum Gasteiger partial charge on any atom is -0.493 e. The normalized spacial score (nSPS) is 11.5. The van der Waals surface area contributed by atoms with Crippen molar-refractivity contribution in [1.82, 2.24) is 9.66 Å². The molecule has 5 nitrogen and oxygen atoms in total. The molecule has 0 aliphatic carbocycles. The first-order valence-corrected chi connectivity index (χ1v) is 7.87. The van der Waals surface area contributed by atoms with E-state index in [1.807, 2.05) is 36.4 Å². The van der Waals surface area contributed by atoms with E-state index >= 15 is 0 Å². The lowest BCUT2D eigenvalue weighted by atomic mass is 10.2. The van der Waals surface area contributed by atoms with E-state index in [1.54, 1.807) is 18.3 Å². The van der Waals surface area contributed by atoms with E-state index in [-0.39, 0.29) is 5.56 Å². The van der Waals surface area contributed by atoms with Crippen LogP contribution in [0.25, 0.3) is 10.9 Å². The van der Waals surface area contributed by atoms with Crippen LogP contribution in [0.15, 0.2) is 64.8 Å². The Labute approximate surface area is 140 Å². The van der Waals surface area contributed by atoms with E-state index in [2.05, 4.69) is 23.9 Å². The fourth-order valence-corrected chi connectivity index (χ4v) is 2.18. The highest BCUT2D eigenvalue weighted by atomic mass is 16.5. The molecule has 1 heterocycles. The average molecular weight is 321 g/mol. The summed E-state index contributed by atoms with van der Waals surface area (Å²) in [4.78, 5) is 16.6. The van der Waals surface area contributed by atoms with E-state index in [0.717, 1.165) is 11.3 Å². The van der Waals surface area contributed by atoms with Crippen LogP contribution in [-0.2, 0) is 0 Å². The van der Waals surface area contributed by atoms with E-state index in [4.69, 9.17) is 4.74 Å². The zero-order valence-corrected chi connectivity index (χ0v) is 13.7. The van der Waals surface area contributed by atoms with E-state index < -0.39 is 0 Å². The van der Waals surface area contributed by atoms with Crippen LogP contribution in [0, 0.1) is 5.92 Å². The van der Waals surface area contributed by atoms with Crippen molar-refractivity contribution in [2.75, 3.05) is 6.61 Å². The first-order valence-electron chi connectivity index (χ1n) is 7.87. The van der Waals surface area contributed by atoms with Gasteiger partial charge in [-0.15, -0.1) is 0 Å². The van der Waals surface area contributed by atoms with Gasteiger partial charge in [0.15, 0.2) is 0 Å². The molecule has 0 unspecified atom stereocenters. The molecule has 3 aromatic rings. The van der Waals surface area contributed by atoms with Gasteiger partial charge in [-0.05, 0) is 47.9 Å². The Kier molecular flexibility index (Phi) is 4.70. The first-order chi connectivity index (χ1) is 11.6. The van der Waals surface area contributed by atoms with Crippen molar-refractivity contribution in [2.45, 2.75) is 13.8 Å². The van der Waals surface area contributed by atoms with Gasteiger partial charge in [-0.25, -0.2) is 4.98 Å². The molecule has 0 N–H and O–H groups in total. The van der Waals surface area contributed by atoms with Gasteiger partial charge in [-0.3, -0.25) is 4.79 Å². The summed E-state index contributed by atoms with van der Waals surface area (Å²) < 4.78 is 6.88. The minimum atomic E-state index is -0.186. The zero-order valence-electron chi connectivity index (χ0n) is 13.7. The van der Waals surface area contributed by atoms with Gasteiger partial charge in [0, 0.05) is 0 Å². The second-order valence-corrected chi connectivity index (χ2v) is 5.93. The van der Waals surface area contributed by atoms with Gasteiger partial charge in [0.25, 0.3) is 5.56 Å². The standard InChI is InChI=1S/C19H19N3O2/c1-14(2)12-24-16-9-7-15(8-10-16)11-21-22-13-20-18-6-4-3-5-17(18)19(22)23/h3-11,13-14H,12H2,1-2H3/b21-11+. The number of rotatable bonds is 5. The minimum absolute atomic E-state index is 0.186. The lowest BCUT2D eigenvalue weighted by molar-refractivity contribution is 0.271. The van der Waals surface area contributed by atoms with Gasteiger partial charge in [0.1, 0.15) is 12.1 Å². The predicted octanol–water partition coefficient (Wildman–Crippen LogP) is 3.31. The average Bonchev–Trinajstić information content (AvgIpc) is 2.60. The van der Waals surface area contributed by atoms with Crippen molar-refractivity contribution < 1.29 is 4.74 Å². The Morgan fingerprint density at radius 1 is 1.17 bits per heavy atom. The first kappa shape index (κ1) is 15.9. The van der Waals surface area contributed by atoms with Crippen molar-refractivity contribution in [3.63, 3.8) is 0 Å². The van der Waals surface area contributed by atoms with Crippen LogP contribution in [0.3, 0.4) is 0 Å². The zero-order chi connectivity index (χ0) is 16.9. The molecule has 3 rings (SSSR count). The van der Waals surface area contributed by atoms with E-state index in [1.165, 1.54) is 11.0 Å². The Hall–Kier alpha value is -2.95. The lowest BCUT2D eigenvalue weighted by Gasteiger charge is -2.08. The third-order valence-corrected chi connectivity index (χ3v) is 3.44. The monoisotopic (exact) mass is 321 g/mol. The molecule has 0 aliphatic rings. The molecule has 0 atom stereocenters. The van der Waals surface area contributed by atoms with Crippen molar-refractivity contribution in [3.8, 4) is 5.75 Å². The topological polar surface area (TPSA) is 56.5 Å². The summed E-state index contributed by atoms with van der Waals surface area (Å²) in [6.45, 7) is 4.90. The smallest absolute Gasteiger partial charge is 0.281 e. The van der Waals surface area contributed by atoms with Crippen LogP contribution in [0.2, 0.25) is 0 Å². The largest absolute Gasteiger partial charge is 0.493 e. The molecule has 0 saturated heterocycles. The molecule has 2 aromatic carbocycles. The lowest BCUT2D eigenvalue weighted by Crippen LogP contribution is -2.16. The quantitative estimate of drug-likeness (QED) is 0.677. The molecule has 0 amide bonds. The summed E-state index contributed by atoms with van der Waals surface area (Å²) in [6.07, 6.45) is 3.06. The molecule has 1 aromatic heterocycles. The number of hydrogen-bond donors (Lipinski definition) is 0. The van der Waals surface area contributed by atoms with Gasteiger partial charge in [-0.1, -0.05) is 26.0 Å². The van der Waals surface area contributed by atoms with E-state index in [9.17, 15) is 4.79 Å². The fourth-order valence-electron chi connectivity index (χ4n) is 2.18. The number of aromatic nitrogens is 2. The Bertz CT molecular complexity index is 912. The SMILES string of the molecule is CC(C)COc1ccc(/C=N/n2cnc3ccccc3c2=O)cc1. The molecule has 0 bridgehead atoms. The number of benzene rings is 2. The molecule has 5 heteroatoms. The van der Waals surface area contributed by atoms with Crippen molar-refractivity contribution in [1.29, 1.82) is 0 Å². The van der Waals surface area contributed by atoms with Crippen molar-refractivity contribution >= 4 is 17.1 Å². The molecular weight excluding hydrogens is 302 g/mol. The Morgan fingerprint density at radius 3 is 2.67 bits per heavy atom. The highest BCUT2D eigenvalue weighted by molar-refractivity contribution is 5.80. The van der Waals surface area contributed by atoms with Gasteiger partial charge in [0.2, 0.25) is 0 Å². The van der Waals surface area contributed by atoms with Gasteiger partial charge in [-0.2, -0.15) is 9.78 Å². The molecule has 0 saturated carbocycles. The molecule has 0 fully saturated rings. The number of ether oxygens (including phenoxy) is 1. The number of hydrogen-bond acceptors (Lipinski definition) is 4. The maximum Gasteiger partial charge on any atom is 0.281 e. The van der Waals surface area contributed by atoms with E-state index in [0.29, 0.717) is 23.4 Å². The molecular formula is C19H19N3O2. The van der Waals surface area contributed by atoms with Gasteiger partial charge in [0.05, 0.1) is 23.7 Å². The molecule has 0 radical (unpaired) electrons. The Morgan fingerprint density at radius 2 is 1.92 bits per heavy atom. The second kappa shape index (κ2) is 7.08. The third kappa shape index (κ3) is 3.68. The number of fused-ring (bicyclic) bond motifs is 1. The second-order valence-electron chi connectivity index (χ2n) is 5.93. The molecule has 0 spiro atoms. The summed E-state index contributed by atoms with van der Waals surface area (Å²) in [5.41, 5.74) is 1.36. The van der Waals surface area contributed by atoms with Crippen LogP contribution in [-0.4, -0.2) is 22.5 Å². The van der Waals surface area contributed by atoms with Crippen LogP contribution in [0.1, 0.15) is 19.4 Å². The van der Waals surface area contributed by atoms with Crippen molar-refractivity contribution in [3.05, 3.63) is 70.8 Å². The molecule has 0 aliphatic heterocycles. The molecule has 24 heavy (non-hydrogen) atoms. The highest BCUT2D eigenvalue weighted by Gasteiger charge is 2.02. The van der Waals surface area contributed by atoms with Crippen molar-refractivity contribution in [2.24, 2.45) is 11.0 Å². The summed E-state index contributed by atoms with van der Waals surface area (Å²) >= 11 is 0. The number of nitrogens with zero attached hydrogens (tertiary/aromatic N) is 3.